The van der Waals surface area contributed by atoms with Crippen molar-refractivity contribution in [2.45, 2.75) is 26.9 Å². The highest BCUT2D eigenvalue weighted by atomic mass is 16.6. The fourth-order valence-corrected chi connectivity index (χ4v) is 3.61. The Labute approximate surface area is 213 Å². The maximum atomic E-state index is 13.1. The number of ketones is 1. The first-order chi connectivity index (χ1) is 17.9. The van der Waals surface area contributed by atoms with Gasteiger partial charge in [-0.2, -0.15) is 4.98 Å². The van der Waals surface area contributed by atoms with E-state index in [-0.39, 0.29) is 47.6 Å². The Balaban J connectivity index is 1.38. The van der Waals surface area contributed by atoms with Crippen LogP contribution in [-0.4, -0.2) is 34.9 Å². The zero-order chi connectivity index (χ0) is 26.4. The third kappa shape index (κ3) is 6.07. The minimum atomic E-state index is -0.707. The second-order valence-corrected chi connectivity index (χ2v) is 8.28. The van der Waals surface area contributed by atoms with Crippen LogP contribution in [0.5, 0.6) is 5.75 Å². The summed E-state index contributed by atoms with van der Waals surface area (Å²) < 4.78 is 15.6. The Morgan fingerprint density at radius 3 is 2.41 bits per heavy atom. The van der Waals surface area contributed by atoms with Crippen molar-refractivity contribution >= 4 is 23.3 Å². The van der Waals surface area contributed by atoms with Gasteiger partial charge >= 0.3 is 5.97 Å². The number of ether oxygens (including phenoxy) is 2. The smallest absolute Gasteiger partial charge is 0.339 e. The maximum Gasteiger partial charge on any atom is 0.339 e. The van der Waals surface area contributed by atoms with E-state index in [0.29, 0.717) is 17.0 Å². The van der Waals surface area contributed by atoms with E-state index < -0.39 is 5.97 Å². The van der Waals surface area contributed by atoms with Crippen molar-refractivity contribution in [1.29, 1.82) is 0 Å². The number of hydrogen-bond donors (Lipinski definition) is 1. The fraction of sp³-hybridized carbons (Fsp3) is 0.179. The molecule has 9 nitrogen and oxygen atoms in total. The first kappa shape index (κ1) is 25.3. The summed E-state index contributed by atoms with van der Waals surface area (Å²) >= 11 is 0. The first-order valence-corrected chi connectivity index (χ1v) is 11.5. The second kappa shape index (κ2) is 11.3. The number of hydrogen-bond acceptors (Lipinski definition) is 8. The fourth-order valence-electron chi connectivity index (χ4n) is 3.61. The van der Waals surface area contributed by atoms with Gasteiger partial charge in [0.05, 0.1) is 24.8 Å². The number of para-hydroxylation sites is 2. The summed E-state index contributed by atoms with van der Waals surface area (Å²) in [7, 11) is 1.51. The number of carbonyl (C=O) groups excluding carboxylic acids is 3. The molecule has 0 spiro atoms. The van der Waals surface area contributed by atoms with Crippen molar-refractivity contribution in [2.75, 3.05) is 12.4 Å². The van der Waals surface area contributed by atoms with Crippen molar-refractivity contribution in [3.05, 3.63) is 106 Å². The molecule has 0 aliphatic rings. The number of esters is 1. The van der Waals surface area contributed by atoms with Gasteiger partial charge in [0.1, 0.15) is 5.75 Å². The SMILES string of the molecule is COc1ccccc1NC(=O)Cc1noc(COC(=O)c2ccccc2C(=O)c2ccc(C)c(C)c2)n1. The number of anilines is 1. The van der Waals surface area contributed by atoms with E-state index in [0.717, 1.165) is 11.1 Å². The van der Waals surface area contributed by atoms with Crippen LogP contribution in [0.2, 0.25) is 0 Å². The lowest BCUT2D eigenvalue weighted by atomic mass is 9.96. The number of nitrogens with one attached hydrogen (secondary N) is 1. The van der Waals surface area contributed by atoms with Gasteiger partial charge in [0.25, 0.3) is 5.89 Å². The Hall–Kier alpha value is -4.79. The number of methoxy groups -OCH3 is 1. The highest BCUT2D eigenvalue weighted by molar-refractivity contribution is 6.14. The zero-order valence-corrected chi connectivity index (χ0v) is 20.6. The van der Waals surface area contributed by atoms with E-state index in [1.54, 1.807) is 54.6 Å². The average Bonchev–Trinajstić information content (AvgIpc) is 3.35. The molecule has 4 rings (SSSR count). The number of carbonyl (C=O) groups is 3. The van der Waals surface area contributed by atoms with Crippen LogP contribution in [0.25, 0.3) is 0 Å². The molecule has 0 atom stereocenters. The predicted molar refractivity (Wildman–Crippen MR) is 135 cm³/mol. The third-order valence-corrected chi connectivity index (χ3v) is 5.70. The number of aromatic nitrogens is 2. The number of nitrogens with zero attached hydrogens (tertiary/aromatic N) is 2. The highest BCUT2D eigenvalue weighted by Gasteiger charge is 2.21. The molecule has 0 aliphatic carbocycles. The first-order valence-electron chi connectivity index (χ1n) is 11.5. The molecule has 188 valence electrons. The summed E-state index contributed by atoms with van der Waals surface area (Å²) in [6.45, 7) is 3.57. The van der Waals surface area contributed by atoms with Crippen molar-refractivity contribution in [2.24, 2.45) is 0 Å². The lowest BCUT2D eigenvalue weighted by Gasteiger charge is -2.09. The summed E-state index contributed by atoms with van der Waals surface area (Å²) in [6, 6.07) is 18.8. The van der Waals surface area contributed by atoms with E-state index in [1.165, 1.54) is 13.2 Å². The molecule has 1 aromatic heterocycles. The summed E-state index contributed by atoms with van der Waals surface area (Å²) in [5.74, 6) is -0.686. The Kier molecular flexibility index (Phi) is 7.73. The monoisotopic (exact) mass is 499 g/mol. The van der Waals surface area contributed by atoms with Gasteiger partial charge in [0.2, 0.25) is 5.91 Å². The summed E-state index contributed by atoms with van der Waals surface area (Å²) in [5.41, 5.74) is 3.41. The average molecular weight is 500 g/mol. The van der Waals surface area contributed by atoms with Gasteiger partial charge in [0, 0.05) is 11.1 Å². The van der Waals surface area contributed by atoms with Crippen LogP contribution < -0.4 is 10.1 Å². The molecule has 3 aromatic carbocycles. The Morgan fingerprint density at radius 1 is 0.919 bits per heavy atom. The Morgan fingerprint density at radius 2 is 1.65 bits per heavy atom. The molecule has 37 heavy (non-hydrogen) atoms. The summed E-state index contributed by atoms with van der Waals surface area (Å²) in [6.07, 6.45) is -0.150. The number of benzene rings is 3. The molecule has 0 radical (unpaired) electrons. The minimum absolute atomic E-state index is 0.0198. The van der Waals surface area contributed by atoms with Crippen LogP contribution in [0.3, 0.4) is 0 Å². The zero-order valence-electron chi connectivity index (χ0n) is 20.6. The molecule has 4 aromatic rings. The molecule has 9 heteroatoms. The van der Waals surface area contributed by atoms with Crippen molar-refractivity contribution in [1.82, 2.24) is 10.1 Å². The minimum Gasteiger partial charge on any atom is -0.495 e. The van der Waals surface area contributed by atoms with Gasteiger partial charge < -0.3 is 19.3 Å². The van der Waals surface area contributed by atoms with Crippen LogP contribution in [0, 0.1) is 13.8 Å². The van der Waals surface area contributed by atoms with E-state index in [2.05, 4.69) is 15.5 Å². The van der Waals surface area contributed by atoms with E-state index in [1.807, 2.05) is 19.9 Å². The number of amides is 1. The molecular weight excluding hydrogens is 474 g/mol. The lowest BCUT2D eigenvalue weighted by Crippen LogP contribution is -2.16. The molecule has 0 aliphatic heterocycles. The van der Waals surface area contributed by atoms with Gasteiger partial charge in [-0.25, -0.2) is 4.79 Å². The van der Waals surface area contributed by atoms with Crippen LogP contribution in [0.4, 0.5) is 5.69 Å². The molecule has 0 saturated carbocycles. The number of aryl methyl sites for hydroxylation is 2. The Bertz CT molecular complexity index is 1460. The number of rotatable bonds is 9. The molecule has 0 bridgehead atoms. The molecular formula is C28H25N3O6. The molecule has 0 fully saturated rings. The maximum absolute atomic E-state index is 13.1. The molecule has 0 saturated heterocycles. The van der Waals surface area contributed by atoms with Gasteiger partial charge in [-0.15, -0.1) is 0 Å². The van der Waals surface area contributed by atoms with Crippen molar-refractivity contribution < 1.29 is 28.4 Å². The van der Waals surface area contributed by atoms with Gasteiger partial charge in [-0.1, -0.05) is 47.6 Å². The van der Waals surface area contributed by atoms with Gasteiger partial charge in [-0.05, 0) is 49.2 Å². The molecule has 0 unspecified atom stereocenters. The highest BCUT2D eigenvalue weighted by Crippen LogP contribution is 2.23. The second-order valence-electron chi connectivity index (χ2n) is 8.28. The van der Waals surface area contributed by atoms with E-state index >= 15 is 0 Å². The van der Waals surface area contributed by atoms with Crippen LogP contribution in [0.1, 0.15) is 49.1 Å². The van der Waals surface area contributed by atoms with E-state index in [4.69, 9.17) is 14.0 Å². The van der Waals surface area contributed by atoms with Gasteiger partial charge in [-0.3, -0.25) is 9.59 Å². The lowest BCUT2D eigenvalue weighted by molar-refractivity contribution is -0.115. The van der Waals surface area contributed by atoms with Crippen molar-refractivity contribution in [3.8, 4) is 5.75 Å². The third-order valence-electron chi connectivity index (χ3n) is 5.70. The topological polar surface area (TPSA) is 121 Å². The van der Waals surface area contributed by atoms with E-state index in [9.17, 15) is 14.4 Å². The standard InChI is InChI=1S/C28H25N3O6/c1-17-12-13-19(14-18(17)2)27(33)20-8-4-5-9-21(20)28(34)36-16-26-30-24(31-37-26)15-25(32)29-22-10-6-7-11-23(22)35-3/h4-14H,15-16H2,1-3H3,(H,29,32). The summed E-state index contributed by atoms with van der Waals surface area (Å²) in [5, 5.41) is 6.49. The summed E-state index contributed by atoms with van der Waals surface area (Å²) in [4.78, 5) is 42.4. The predicted octanol–water partition coefficient (Wildman–Crippen LogP) is 4.46. The molecule has 1 amide bonds. The molecule has 1 heterocycles. The van der Waals surface area contributed by atoms with Crippen LogP contribution in [-0.2, 0) is 22.6 Å². The van der Waals surface area contributed by atoms with Gasteiger partial charge in [0.15, 0.2) is 18.2 Å². The quantitative estimate of drug-likeness (QED) is 0.265. The van der Waals surface area contributed by atoms with Crippen LogP contribution in [0.15, 0.2) is 71.3 Å². The van der Waals surface area contributed by atoms with Crippen LogP contribution >= 0.6 is 0 Å². The molecule has 1 N–H and O–H groups in total. The largest absolute Gasteiger partial charge is 0.495 e. The van der Waals surface area contributed by atoms with Crippen molar-refractivity contribution in [3.63, 3.8) is 0 Å². The normalized spacial score (nSPS) is 10.6.